The van der Waals surface area contributed by atoms with Crippen molar-refractivity contribution in [2.45, 2.75) is 26.2 Å². The van der Waals surface area contributed by atoms with Crippen molar-refractivity contribution in [3.05, 3.63) is 71.8 Å². The van der Waals surface area contributed by atoms with Crippen molar-refractivity contribution in [2.24, 2.45) is 0 Å². The highest BCUT2D eigenvalue weighted by atomic mass is 31.2. The van der Waals surface area contributed by atoms with Crippen LogP contribution in [0.5, 0.6) is 11.5 Å². The zero-order valence-corrected chi connectivity index (χ0v) is 17.5. The summed E-state index contributed by atoms with van der Waals surface area (Å²) in [5.41, 5.74) is 1.98. The Labute approximate surface area is 170 Å². The second kappa shape index (κ2) is 9.27. The smallest absolute Gasteiger partial charge is 0.490 e. The molecular weight excluding hydrogens is 395 g/mol. The van der Waals surface area contributed by atoms with Crippen molar-refractivity contribution in [3.8, 4) is 11.5 Å². The summed E-state index contributed by atoms with van der Waals surface area (Å²) in [6, 6.07) is 14.1. The largest absolute Gasteiger partial charge is 0.524 e. The van der Waals surface area contributed by atoms with E-state index in [9.17, 15) is 9.36 Å². The van der Waals surface area contributed by atoms with Gasteiger partial charge in [-0.3, -0.25) is 9.79 Å². The van der Waals surface area contributed by atoms with E-state index in [2.05, 4.69) is 11.1 Å². The standard InChI is InChI=1S/C21H25O7P/c1-15(2)20(22)27-14-13-26-18-9-5-16(6-10-18)21(3,4)17-7-11-19(12-8-17)28-29(23,24)25/h5-12H,1,13-14H2,2-4H3,(H2,23,24,25). The number of carbonyl (C=O) groups excluding carboxylic acids is 1. The SMILES string of the molecule is C=C(C)C(=O)OCCOc1ccc(C(C)(C)c2ccc(OP(=O)(O)O)cc2)cc1. The lowest BCUT2D eigenvalue weighted by Crippen LogP contribution is -2.18. The van der Waals surface area contributed by atoms with Gasteiger partial charge in [0.15, 0.2) is 0 Å². The van der Waals surface area contributed by atoms with Crippen LogP contribution in [0.1, 0.15) is 31.9 Å². The molecule has 0 unspecified atom stereocenters. The fourth-order valence-electron chi connectivity index (χ4n) is 2.62. The van der Waals surface area contributed by atoms with Crippen molar-refractivity contribution < 1.29 is 33.1 Å². The highest BCUT2D eigenvalue weighted by Gasteiger charge is 2.24. The van der Waals surface area contributed by atoms with E-state index in [1.807, 2.05) is 38.1 Å². The molecule has 0 atom stereocenters. The Morgan fingerprint density at radius 2 is 1.45 bits per heavy atom. The number of phosphoric ester groups is 1. The Hall–Kier alpha value is -2.60. The van der Waals surface area contributed by atoms with Gasteiger partial charge in [0, 0.05) is 11.0 Å². The number of phosphoric acid groups is 1. The lowest BCUT2D eigenvalue weighted by atomic mass is 9.78. The molecule has 2 N–H and O–H groups in total. The van der Waals surface area contributed by atoms with Crippen molar-refractivity contribution >= 4 is 13.8 Å². The lowest BCUT2D eigenvalue weighted by molar-refractivity contribution is -0.139. The van der Waals surface area contributed by atoms with E-state index in [1.165, 1.54) is 12.1 Å². The summed E-state index contributed by atoms with van der Waals surface area (Å²) < 4.78 is 26.1. The fraction of sp³-hybridized carbons (Fsp3) is 0.286. The Kier molecular flexibility index (Phi) is 7.25. The molecule has 156 valence electrons. The summed E-state index contributed by atoms with van der Waals surface area (Å²) in [4.78, 5) is 29.1. The Balaban J connectivity index is 1.99. The number of carbonyl (C=O) groups is 1. The highest BCUT2D eigenvalue weighted by Crippen LogP contribution is 2.39. The molecule has 0 aromatic heterocycles. The summed E-state index contributed by atoms with van der Waals surface area (Å²) >= 11 is 0. The van der Waals surface area contributed by atoms with Crippen molar-refractivity contribution in [1.29, 1.82) is 0 Å². The quantitative estimate of drug-likeness (QED) is 0.274. The molecule has 0 aliphatic carbocycles. The van der Waals surface area contributed by atoms with Crippen LogP contribution in [0.3, 0.4) is 0 Å². The zero-order valence-electron chi connectivity index (χ0n) is 16.6. The van der Waals surface area contributed by atoms with Crippen LogP contribution in [0.2, 0.25) is 0 Å². The number of hydrogen-bond acceptors (Lipinski definition) is 5. The summed E-state index contributed by atoms with van der Waals surface area (Å²) in [5.74, 6) is 0.318. The average Bonchev–Trinajstić information content (AvgIpc) is 2.64. The van der Waals surface area contributed by atoms with Crippen LogP contribution >= 0.6 is 7.82 Å². The highest BCUT2D eigenvalue weighted by molar-refractivity contribution is 7.46. The Morgan fingerprint density at radius 3 is 1.90 bits per heavy atom. The van der Waals surface area contributed by atoms with Gasteiger partial charge >= 0.3 is 13.8 Å². The minimum atomic E-state index is -4.58. The van der Waals surface area contributed by atoms with Gasteiger partial charge in [-0.2, -0.15) is 0 Å². The predicted molar refractivity (Wildman–Crippen MR) is 109 cm³/mol. The summed E-state index contributed by atoms with van der Waals surface area (Å²) in [6.07, 6.45) is 0. The third-order valence-corrected chi connectivity index (χ3v) is 4.76. The van der Waals surface area contributed by atoms with Crippen molar-refractivity contribution in [3.63, 3.8) is 0 Å². The number of esters is 1. The maximum absolute atomic E-state index is 11.3. The maximum atomic E-state index is 11.3. The van der Waals surface area contributed by atoms with Gasteiger partial charge in [-0.1, -0.05) is 44.7 Å². The third-order valence-electron chi connectivity index (χ3n) is 4.31. The lowest BCUT2D eigenvalue weighted by Gasteiger charge is -2.26. The van der Waals surface area contributed by atoms with Crippen LogP contribution in [0, 0.1) is 0 Å². The first-order chi connectivity index (χ1) is 13.5. The van der Waals surface area contributed by atoms with Gasteiger partial charge in [0.2, 0.25) is 0 Å². The minimum Gasteiger partial charge on any atom is -0.490 e. The van der Waals surface area contributed by atoms with Crippen molar-refractivity contribution in [1.82, 2.24) is 0 Å². The first kappa shape index (κ1) is 22.7. The van der Waals surface area contributed by atoms with Gasteiger partial charge in [-0.05, 0) is 42.3 Å². The minimum absolute atomic E-state index is 0.106. The molecule has 0 aliphatic rings. The van der Waals surface area contributed by atoms with E-state index in [-0.39, 0.29) is 24.4 Å². The zero-order chi connectivity index (χ0) is 21.7. The Bertz CT molecular complexity index is 896. The van der Waals surface area contributed by atoms with Crippen LogP contribution in [0.15, 0.2) is 60.7 Å². The molecule has 2 aromatic rings. The molecular formula is C21H25O7P. The molecule has 0 amide bonds. The van der Waals surface area contributed by atoms with Gasteiger partial charge in [-0.15, -0.1) is 0 Å². The first-order valence-corrected chi connectivity index (χ1v) is 10.4. The van der Waals surface area contributed by atoms with E-state index >= 15 is 0 Å². The van der Waals surface area contributed by atoms with Gasteiger partial charge in [-0.25, -0.2) is 9.36 Å². The molecule has 2 aromatic carbocycles. The van der Waals surface area contributed by atoms with Gasteiger partial charge in [0.05, 0.1) is 0 Å². The fourth-order valence-corrected chi connectivity index (χ4v) is 3.02. The normalized spacial score (nSPS) is 11.6. The van der Waals surface area contributed by atoms with Gasteiger partial charge in [0.1, 0.15) is 24.7 Å². The second-order valence-electron chi connectivity index (χ2n) is 7.02. The first-order valence-electron chi connectivity index (χ1n) is 8.91. The monoisotopic (exact) mass is 420 g/mol. The predicted octanol–water partition coefficient (Wildman–Crippen LogP) is 3.98. The molecule has 0 spiro atoms. The summed E-state index contributed by atoms with van der Waals surface area (Å²) in [7, 11) is -4.58. The number of rotatable bonds is 9. The van der Waals surface area contributed by atoms with E-state index in [0.717, 1.165) is 11.1 Å². The maximum Gasteiger partial charge on any atom is 0.524 e. The van der Waals surface area contributed by atoms with Crippen molar-refractivity contribution in [2.75, 3.05) is 13.2 Å². The van der Waals surface area contributed by atoms with E-state index in [1.54, 1.807) is 19.1 Å². The van der Waals surface area contributed by atoms with E-state index < -0.39 is 13.8 Å². The number of ether oxygens (including phenoxy) is 2. The molecule has 0 aliphatic heterocycles. The van der Waals surface area contributed by atoms with E-state index in [4.69, 9.17) is 19.3 Å². The van der Waals surface area contributed by atoms with Crippen LogP contribution < -0.4 is 9.26 Å². The number of hydrogen-bond donors (Lipinski definition) is 2. The second-order valence-corrected chi connectivity index (χ2v) is 8.18. The average molecular weight is 420 g/mol. The molecule has 2 rings (SSSR count). The van der Waals surface area contributed by atoms with Gasteiger partial charge < -0.3 is 14.0 Å². The van der Waals surface area contributed by atoms with Crippen LogP contribution in [0.4, 0.5) is 0 Å². The summed E-state index contributed by atoms with van der Waals surface area (Å²) in [5, 5.41) is 0. The number of benzene rings is 2. The van der Waals surface area contributed by atoms with Crippen LogP contribution in [-0.4, -0.2) is 29.0 Å². The molecule has 0 radical (unpaired) electrons. The Morgan fingerprint density at radius 1 is 0.966 bits per heavy atom. The van der Waals surface area contributed by atoms with Crippen LogP contribution in [-0.2, 0) is 19.5 Å². The molecule has 0 bridgehead atoms. The third kappa shape index (κ3) is 6.75. The molecule has 0 heterocycles. The molecule has 0 saturated carbocycles. The molecule has 0 saturated heterocycles. The summed E-state index contributed by atoms with van der Waals surface area (Å²) in [6.45, 7) is 9.56. The van der Waals surface area contributed by atoms with Crippen LogP contribution in [0.25, 0.3) is 0 Å². The topological polar surface area (TPSA) is 102 Å². The van der Waals surface area contributed by atoms with E-state index in [0.29, 0.717) is 11.3 Å². The molecule has 8 heteroatoms. The molecule has 0 fully saturated rings. The van der Waals surface area contributed by atoms with Gasteiger partial charge in [0.25, 0.3) is 0 Å². The molecule has 7 nitrogen and oxygen atoms in total. The molecule has 29 heavy (non-hydrogen) atoms.